The molecule has 0 heterocycles. The van der Waals surface area contributed by atoms with Crippen LogP contribution in [-0.4, -0.2) is 17.0 Å². The third-order valence-corrected chi connectivity index (χ3v) is 4.12. The fourth-order valence-corrected chi connectivity index (χ4v) is 2.65. The van der Waals surface area contributed by atoms with Crippen molar-refractivity contribution in [2.24, 2.45) is 0 Å². The smallest absolute Gasteiger partial charge is 0.305 e. The molecule has 0 saturated heterocycles. The maximum Gasteiger partial charge on any atom is 0.305 e. The van der Waals surface area contributed by atoms with E-state index < -0.39 is 12.0 Å². The van der Waals surface area contributed by atoms with Crippen LogP contribution in [-0.2, 0) is 16.0 Å². The van der Waals surface area contributed by atoms with E-state index in [1.807, 2.05) is 31.2 Å². The van der Waals surface area contributed by atoms with Crippen molar-refractivity contribution in [3.8, 4) is 0 Å². The lowest BCUT2D eigenvalue weighted by Gasteiger charge is -2.18. The van der Waals surface area contributed by atoms with Gasteiger partial charge in [0.05, 0.1) is 12.5 Å². The highest BCUT2D eigenvalue weighted by Gasteiger charge is 2.18. The second-order valence-electron chi connectivity index (χ2n) is 5.70. The van der Waals surface area contributed by atoms with Gasteiger partial charge in [0.1, 0.15) is 0 Å². The number of carbonyl (C=O) groups excluding carboxylic acids is 1. The second kappa shape index (κ2) is 8.50. The normalized spacial score (nSPS) is 11.8. The van der Waals surface area contributed by atoms with Gasteiger partial charge in [-0.25, -0.2) is 0 Å². The van der Waals surface area contributed by atoms with E-state index in [0.717, 1.165) is 16.7 Å². The molecule has 126 valence electrons. The van der Waals surface area contributed by atoms with Gasteiger partial charge in [-0.1, -0.05) is 48.0 Å². The molecule has 0 radical (unpaired) electrons. The summed E-state index contributed by atoms with van der Waals surface area (Å²) in [4.78, 5) is 23.3. The van der Waals surface area contributed by atoms with Crippen molar-refractivity contribution in [1.82, 2.24) is 5.32 Å². The molecule has 2 rings (SSSR count). The number of aryl methyl sites for hydroxylation is 2. The quantitative estimate of drug-likeness (QED) is 0.799. The molecule has 0 bridgehead atoms. The fourth-order valence-electron chi connectivity index (χ4n) is 2.53. The molecule has 2 aromatic carbocycles. The van der Waals surface area contributed by atoms with Crippen molar-refractivity contribution < 1.29 is 14.7 Å². The Morgan fingerprint density at radius 2 is 1.79 bits per heavy atom. The molecule has 1 amide bonds. The minimum atomic E-state index is -0.964. The highest BCUT2D eigenvalue weighted by molar-refractivity contribution is 6.30. The average molecular weight is 346 g/mol. The minimum Gasteiger partial charge on any atom is -0.481 e. The second-order valence-corrected chi connectivity index (χ2v) is 6.13. The Balaban J connectivity index is 2.00. The number of amides is 1. The molecule has 0 aliphatic carbocycles. The average Bonchev–Trinajstić information content (AvgIpc) is 2.54. The van der Waals surface area contributed by atoms with Gasteiger partial charge in [-0.2, -0.15) is 0 Å². The third-order valence-electron chi connectivity index (χ3n) is 3.87. The lowest BCUT2D eigenvalue weighted by Crippen LogP contribution is -2.30. The summed E-state index contributed by atoms with van der Waals surface area (Å²) in [6.45, 7) is 2.01. The Bertz CT molecular complexity index is 713. The molecule has 0 aliphatic heterocycles. The highest BCUT2D eigenvalue weighted by Crippen LogP contribution is 2.20. The van der Waals surface area contributed by atoms with Crippen molar-refractivity contribution in [2.75, 3.05) is 0 Å². The summed E-state index contributed by atoms with van der Waals surface area (Å²) in [5, 5.41) is 12.5. The van der Waals surface area contributed by atoms with Crippen LogP contribution in [0.4, 0.5) is 0 Å². The van der Waals surface area contributed by atoms with Gasteiger partial charge < -0.3 is 10.4 Å². The van der Waals surface area contributed by atoms with Crippen molar-refractivity contribution in [2.45, 2.75) is 32.2 Å². The topological polar surface area (TPSA) is 66.4 Å². The summed E-state index contributed by atoms with van der Waals surface area (Å²) in [5.41, 5.74) is 2.99. The zero-order valence-electron chi connectivity index (χ0n) is 13.5. The molecule has 0 unspecified atom stereocenters. The van der Waals surface area contributed by atoms with Crippen molar-refractivity contribution >= 4 is 23.5 Å². The zero-order valence-corrected chi connectivity index (χ0v) is 14.2. The zero-order chi connectivity index (χ0) is 17.5. The van der Waals surface area contributed by atoms with E-state index in [4.69, 9.17) is 16.7 Å². The molecule has 4 nitrogen and oxygen atoms in total. The van der Waals surface area contributed by atoms with Gasteiger partial charge in [-0.3, -0.25) is 9.59 Å². The number of aliphatic carboxylic acids is 1. The Labute approximate surface area is 146 Å². The number of carboxylic acid groups (broad SMARTS) is 1. The minimum absolute atomic E-state index is 0.167. The number of hydrogen-bond donors (Lipinski definition) is 2. The summed E-state index contributed by atoms with van der Waals surface area (Å²) in [5.74, 6) is -1.13. The number of rotatable bonds is 7. The number of carbonyl (C=O) groups is 2. The molecule has 2 N–H and O–H groups in total. The van der Waals surface area contributed by atoms with Crippen LogP contribution < -0.4 is 5.32 Å². The van der Waals surface area contributed by atoms with Gasteiger partial charge in [0.25, 0.3) is 0 Å². The Kier molecular flexibility index (Phi) is 6.38. The monoisotopic (exact) mass is 345 g/mol. The lowest BCUT2D eigenvalue weighted by molar-refractivity contribution is -0.137. The van der Waals surface area contributed by atoms with E-state index in [0.29, 0.717) is 17.9 Å². The predicted molar refractivity (Wildman–Crippen MR) is 94.1 cm³/mol. The first-order chi connectivity index (χ1) is 11.5. The summed E-state index contributed by atoms with van der Waals surface area (Å²) < 4.78 is 0. The molecule has 0 fully saturated rings. The van der Waals surface area contributed by atoms with Crippen molar-refractivity contribution in [3.63, 3.8) is 0 Å². The van der Waals surface area contributed by atoms with Gasteiger partial charge >= 0.3 is 5.97 Å². The number of carboxylic acids is 1. The maximum absolute atomic E-state index is 12.2. The first-order valence-corrected chi connectivity index (χ1v) is 8.14. The maximum atomic E-state index is 12.2. The number of hydrogen-bond acceptors (Lipinski definition) is 2. The Morgan fingerprint density at radius 1 is 1.12 bits per heavy atom. The van der Waals surface area contributed by atoms with E-state index in [9.17, 15) is 9.59 Å². The van der Waals surface area contributed by atoms with Crippen LogP contribution >= 0.6 is 11.6 Å². The standard InChI is InChI=1S/C19H20ClNO3/c1-13-4-2-3-5-14(13)8-11-18(22)21-17(12-19(23)24)15-6-9-16(20)10-7-15/h2-7,9-10,17H,8,11-12H2,1H3,(H,21,22)(H,23,24)/t17-/m0/s1. The SMILES string of the molecule is Cc1ccccc1CCC(=O)N[C@@H](CC(=O)O)c1ccc(Cl)cc1. The van der Waals surface area contributed by atoms with E-state index in [1.165, 1.54) is 0 Å². The van der Waals surface area contributed by atoms with Gasteiger partial charge in [0, 0.05) is 11.4 Å². The third kappa shape index (κ3) is 5.39. The first kappa shape index (κ1) is 18.0. The van der Waals surface area contributed by atoms with Crippen LogP contribution in [0.15, 0.2) is 48.5 Å². The molecule has 0 saturated carbocycles. The molecule has 1 atom stereocenters. The van der Waals surface area contributed by atoms with E-state index in [-0.39, 0.29) is 12.3 Å². The van der Waals surface area contributed by atoms with E-state index >= 15 is 0 Å². The van der Waals surface area contributed by atoms with Crippen LogP contribution in [0.2, 0.25) is 5.02 Å². The molecule has 0 spiro atoms. The molecular formula is C19H20ClNO3. The molecular weight excluding hydrogens is 326 g/mol. The largest absolute Gasteiger partial charge is 0.481 e. The molecule has 0 aromatic heterocycles. The van der Waals surface area contributed by atoms with Crippen LogP contribution in [0.25, 0.3) is 0 Å². The van der Waals surface area contributed by atoms with E-state index in [2.05, 4.69) is 5.32 Å². The van der Waals surface area contributed by atoms with Gasteiger partial charge in [-0.15, -0.1) is 0 Å². The van der Waals surface area contributed by atoms with Crippen LogP contribution in [0.3, 0.4) is 0 Å². The number of benzene rings is 2. The lowest BCUT2D eigenvalue weighted by atomic mass is 10.0. The molecule has 2 aromatic rings. The van der Waals surface area contributed by atoms with Crippen LogP contribution in [0.1, 0.15) is 35.6 Å². The van der Waals surface area contributed by atoms with E-state index in [1.54, 1.807) is 24.3 Å². The van der Waals surface area contributed by atoms with Gasteiger partial charge in [0.15, 0.2) is 0 Å². The number of halogens is 1. The van der Waals surface area contributed by atoms with Crippen molar-refractivity contribution in [1.29, 1.82) is 0 Å². The molecule has 5 heteroatoms. The Morgan fingerprint density at radius 3 is 2.42 bits per heavy atom. The summed E-state index contributed by atoms with van der Waals surface area (Å²) >= 11 is 5.86. The first-order valence-electron chi connectivity index (χ1n) is 7.77. The fraction of sp³-hybridized carbons (Fsp3) is 0.263. The summed E-state index contributed by atoms with van der Waals surface area (Å²) in [6.07, 6.45) is 0.769. The van der Waals surface area contributed by atoms with Gasteiger partial charge in [0.2, 0.25) is 5.91 Å². The number of nitrogens with one attached hydrogen (secondary N) is 1. The Hall–Kier alpha value is -2.33. The van der Waals surface area contributed by atoms with Gasteiger partial charge in [-0.05, 0) is 42.2 Å². The molecule has 24 heavy (non-hydrogen) atoms. The highest BCUT2D eigenvalue weighted by atomic mass is 35.5. The molecule has 0 aliphatic rings. The van der Waals surface area contributed by atoms with Crippen LogP contribution in [0, 0.1) is 6.92 Å². The van der Waals surface area contributed by atoms with Crippen molar-refractivity contribution in [3.05, 3.63) is 70.2 Å². The summed E-state index contributed by atoms with van der Waals surface area (Å²) in [6, 6.07) is 14.2. The van der Waals surface area contributed by atoms with Crippen LogP contribution in [0.5, 0.6) is 0 Å². The predicted octanol–water partition coefficient (Wildman–Crippen LogP) is 3.91. The summed E-state index contributed by atoms with van der Waals surface area (Å²) in [7, 11) is 0.